The normalized spacial score (nSPS) is 19.5. The topological polar surface area (TPSA) is 41.6 Å². The van der Waals surface area contributed by atoms with Crippen LogP contribution in [0.25, 0.3) is 0 Å². The number of carbonyl (C=O) groups is 1. The molecule has 4 nitrogen and oxygen atoms in total. The van der Waals surface area contributed by atoms with Gasteiger partial charge in [0, 0.05) is 43.1 Å². The predicted molar refractivity (Wildman–Crippen MR) is 85.0 cm³/mol. The molecule has 1 saturated heterocycles. The first kappa shape index (κ1) is 16.6. The average Bonchev–Trinajstić information content (AvgIpc) is 2.42. The van der Waals surface area contributed by atoms with Crippen molar-refractivity contribution < 1.29 is 9.53 Å². The van der Waals surface area contributed by atoms with Gasteiger partial charge in [0.2, 0.25) is 5.91 Å². The summed E-state index contributed by atoms with van der Waals surface area (Å²) in [5.74, 6) is -0.0238. The summed E-state index contributed by atoms with van der Waals surface area (Å²) in [4.78, 5) is 13.3. The molecule has 2 rings (SSSR count). The molecule has 1 heterocycles. The number of hydrogen-bond donors (Lipinski definition) is 1. The Morgan fingerprint density at radius 1 is 1.38 bits per heavy atom. The van der Waals surface area contributed by atoms with Gasteiger partial charge >= 0.3 is 0 Å². The van der Waals surface area contributed by atoms with E-state index < -0.39 is 0 Å². The molecule has 0 saturated carbocycles. The molecule has 0 radical (unpaired) electrons. The maximum atomic E-state index is 10.9. The van der Waals surface area contributed by atoms with Crippen molar-refractivity contribution in [1.82, 2.24) is 10.2 Å². The lowest BCUT2D eigenvalue weighted by Crippen LogP contribution is -2.47. The maximum Gasteiger partial charge on any atom is 0.216 e. The van der Waals surface area contributed by atoms with Gasteiger partial charge in [-0.2, -0.15) is 0 Å². The fourth-order valence-corrected chi connectivity index (χ4v) is 2.98. The Kier molecular flexibility index (Phi) is 6.30. The number of amides is 1. The third-order valence-corrected chi connectivity index (χ3v) is 3.88. The first-order valence-electron chi connectivity index (χ1n) is 7.06. The molecule has 0 spiro atoms. The largest absolute Gasteiger partial charge is 0.374 e. The van der Waals surface area contributed by atoms with Crippen LogP contribution in [0.3, 0.4) is 0 Å². The van der Waals surface area contributed by atoms with E-state index in [1.165, 1.54) is 6.92 Å². The molecule has 1 aromatic rings. The van der Waals surface area contributed by atoms with Crippen molar-refractivity contribution in [3.63, 3.8) is 0 Å². The highest BCUT2D eigenvalue weighted by molar-refractivity contribution is 6.34. The first-order valence-corrected chi connectivity index (χ1v) is 7.82. The average molecular weight is 331 g/mol. The summed E-state index contributed by atoms with van der Waals surface area (Å²) in [5, 5.41) is 4.14. The molecular weight excluding hydrogens is 311 g/mol. The summed E-state index contributed by atoms with van der Waals surface area (Å²) in [6.07, 6.45) is 0.957. The number of ether oxygens (including phenoxy) is 1. The third-order valence-electron chi connectivity index (χ3n) is 3.44. The van der Waals surface area contributed by atoms with Gasteiger partial charge in [-0.25, -0.2) is 0 Å². The molecule has 116 valence electrons. The van der Waals surface area contributed by atoms with Gasteiger partial charge in [-0.3, -0.25) is 9.69 Å². The van der Waals surface area contributed by atoms with E-state index in [0.717, 1.165) is 31.6 Å². The summed E-state index contributed by atoms with van der Waals surface area (Å²) in [6.45, 7) is 5.44. The second-order valence-corrected chi connectivity index (χ2v) is 6.13. The molecule has 1 N–H and O–H groups in total. The van der Waals surface area contributed by atoms with E-state index in [0.29, 0.717) is 23.2 Å². The molecule has 0 aromatic heterocycles. The Balaban J connectivity index is 1.81. The fourth-order valence-electron chi connectivity index (χ4n) is 2.41. The van der Waals surface area contributed by atoms with Crippen LogP contribution >= 0.6 is 23.2 Å². The van der Waals surface area contributed by atoms with E-state index in [9.17, 15) is 4.79 Å². The molecule has 1 aliphatic heterocycles. The van der Waals surface area contributed by atoms with Gasteiger partial charge in [-0.1, -0.05) is 23.2 Å². The maximum absolute atomic E-state index is 10.9. The smallest absolute Gasteiger partial charge is 0.216 e. The van der Waals surface area contributed by atoms with E-state index in [2.05, 4.69) is 10.2 Å². The van der Waals surface area contributed by atoms with Gasteiger partial charge in [0.1, 0.15) is 0 Å². The number of nitrogens with zero attached hydrogens (tertiary/aromatic N) is 1. The van der Waals surface area contributed by atoms with Gasteiger partial charge in [0.05, 0.1) is 12.7 Å². The lowest BCUT2D eigenvalue weighted by molar-refractivity contribution is -0.120. The van der Waals surface area contributed by atoms with E-state index in [1.807, 2.05) is 12.1 Å². The van der Waals surface area contributed by atoms with Gasteiger partial charge in [-0.15, -0.1) is 0 Å². The number of morpholine rings is 1. The van der Waals surface area contributed by atoms with Crippen LogP contribution in [0.4, 0.5) is 0 Å². The Labute approximate surface area is 135 Å². The van der Waals surface area contributed by atoms with Crippen molar-refractivity contribution in [2.24, 2.45) is 0 Å². The van der Waals surface area contributed by atoms with E-state index >= 15 is 0 Å². The van der Waals surface area contributed by atoms with Crippen LogP contribution in [0, 0.1) is 0 Å². The highest BCUT2D eigenvalue weighted by atomic mass is 35.5. The molecule has 21 heavy (non-hydrogen) atoms. The molecule has 0 aliphatic carbocycles. The molecule has 0 unspecified atom stereocenters. The van der Waals surface area contributed by atoms with E-state index in [4.69, 9.17) is 27.9 Å². The standard InChI is InChI=1S/C15H20Cl2N2O2/c1-11(20)18-9-15-10-19(4-5-21-15)3-2-12-6-13(16)8-14(17)7-12/h6-8,15H,2-5,9-10H2,1H3,(H,18,20)/t15-/m0/s1. The summed E-state index contributed by atoms with van der Waals surface area (Å²) < 4.78 is 5.65. The van der Waals surface area contributed by atoms with Crippen molar-refractivity contribution in [2.75, 3.05) is 32.8 Å². The van der Waals surface area contributed by atoms with E-state index in [1.54, 1.807) is 6.07 Å². The molecule has 6 heteroatoms. The van der Waals surface area contributed by atoms with Crippen molar-refractivity contribution in [3.8, 4) is 0 Å². The minimum absolute atomic E-state index is 0.0238. The van der Waals surface area contributed by atoms with Crippen LogP contribution in [-0.2, 0) is 16.0 Å². The van der Waals surface area contributed by atoms with Crippen LogP contribution in [0.5, 0.6) is 0 Å². The van der Waals surface area contributed by atoms with Crippen LogP contribution in [-0.4, -0.2) is 49.7 Å². The van der Waals surface area contributed by atoms with Crippen LogP contribution < -0.4 is 5.32 Å². The fraction of sp³-hybridized carbons (Fsp3) is 0.533. The van der Waals surface area contributed by atoms with Crippen LogP contribution in [0.1, 0.15) is 12.5 Å². The van der Waals surface area contributed by atoms with Gasteiger partial charge in [-0.05, 0) is 30.2 Å². The lowest BCUT2D eigenvalue weighted by atomic mass is 10.1. The van der Waals surface area contributed by atoms with Crippen LogP contribution in [0.15, 0.2) is 18.2 Å². The molecule has 1 aliphatic rings. The van der Waals surface area contributed by atoms with Crippen molar-refractivity contribution in [3.05, 3.63) is 33.8 Å². The molecular formula is C15H20Cl2N2O2. The van der Waals surface area contributed by atoms with Gasteiger partial charge < -0.3 is 10.1 Å². The summed E-state index contributed by atoms with van der Waals surface area (Å²) in [6, 6.07) is 5.64. The highest BCUT2D eigenvalue weighted by Gasteiger charge is 2.20. The van der Waals surface area contributed by atoms with Crippen molar-refractivity contribution in [1.29, 1.82) is 0 Å². The number of nitrogens with one attached hydrogen (secondary N) is 1. The zero-order chi connectivity index (χ0) is 15.2. The number of halogens is 2. The third kappa shape index (κ3) is 5.83. The zero-order valence-electron chi connectivity index (χ0n) is 12.1. The van der Waals surface area contributed by atoms with Crippen LogP contribution in [0.2, 0.25) is 10.0 Å². The SMILES string of the molecule is CC(=O)NC[C@H]1CN(CCc2cc(Cl)cc(Cl)c2)CCO1. The Morgan fingerprint density at radius 3 is 2.76 bits per heavy atom. The van der Waals surface area contributed by atoms with Crippen molar-refractivity contribution in [2.45, 2.75) is 19.4 Å². The number of rotatable bonds is 5. The Morgan fingerprint density at radius 2 is 2.10 bits per heavy atom. The first-order chi connectivity index (χ1) is 10.0. The molecule has 0 bridgehead atoms. The minimum Gasteiger partial charge on any atom is -0.374 e. The monoisotopic (exact) mass is 330 g/mol. The Hall–Kier alpha value is -0.810. The number of benzene rings is 1. The minimum atomic E-state index is -0.0238. The zero-order valence-corrected chi connectivity index (χ0v) is 13.6. The second kappa shape index (κ2) is 7.99. The van der Waals surface area contributed by atoms with Gasteiger partial charge in [0.15, 0.2) is 0 Å². The molecule has 1 fully saturated rings. The predicted octanol–water partition coefficient (Wildman–Crippen LogP) is 2.37. The van der Waals surface area contributed by atoms with Gasteiger partial charge in [0.25, 0.3) is 0 Å². The summed E-state index contributed by atoms with van der Waals surface area (Å²) >= 11 is 12.0. The van der Waals surface area contributed by atoms with Crippen molar-refractivity contribution >= 4 is 29.1 Å². The quantitative estimate of drug-likeness (QED) is 0.901. The summed E-state index contributed by atoms with van der Waals surface area (Å²) in [7, 11) is 0. The molecule has 1 atom stereocenters. The Bertz CT molecular complexity index is 476. The number of carbonyl (C=O) groups excluding carboxylic acids is 1. The molecule has 1 aromatic carbocycles. The summed E-state index contributed by atoms with van der Waals surface area (Å²) in [5.41, 5.74) is 1.14. The molecule has 1 amide bonds. The number of hydrogen-bond acceptors (Lipinski definition) is 3. The lowest BCUT2D eigenvalue weighted by Gasteiger charge is -2.33. The second-order valence-electron chi connectivity index (χ2n) is 5.26. The highest BCUT2D eigenvalue weighted by Crippen LogP contribution is 2.19. The van der Waals surface area contributed by atoms with E-state index in [-0.39, 0.29) is 12.0 Å².